The number of amides is 1. The molecule has 0 saturated heterocycles. The fourth-order valence-electron chi connectivity index (χ4n) is 1.01. The lowest BCUT2D eigenvalue weighted by Gasteiger charge is -2.07. The van der Waals surface area contributed by atoms with Crippen molar-refractivity contribution < 1.29 is 4.79 Å². The number of rotatable bonds is 2. The van der Waals surface area contributed by atoms with Gasteiger partial charge in [0.15, 0.2) is 0 Å². The van der Waals surface area contributed by atoms with Crippen molar-refractivity contribution in [2.24, 2.45) is 7.05 Å². The van der Waals surface area contributed by atoms with Gasteiger partial charge in [-0.15, -0.1) is 6.42 Å². The Morgan fingerprint density at radius 1 is 1.77 bits per heavy atom. The van der Waals surface area contributed by atoms with Gasteiger partial charge in [-0.3, -0.25) is 4.79 Å². The minimum atomic E-state index is -0.234. The molecule has 0 aliphatic rings. The topological polar surface area (TPSA) is 34.0 Å². The molecule has 1 heterocycles. The van der Waals surface area contributed by atoms with Gasteiger partial charge in [0.1, 0.15) is 5.69 Å². The Morgan fingerprint density at radius 3 is 2.92 bits per heavy atom. The predicted octanol–water partition coefficient (Wildman–Crippen LogP) is 0.777. The molecule has 0 radical (unpaired) electrons. The first-order chi connectivity index (χ1) is 6.15. The van der Waals surface area contributed by atoms with Gasteiger partial charge in [0.2, 0.25) is 0 Å². The Balaban J connectivity index is 2.71. The molecule has 1 atom stereocenters. The average molecular weight is 176 g/mol. The smallest absolute Gasteiger partial charge is 0.268 e. The quantitative estimate of drug-likeness (QED) is 0.664. The lowest BCUT2D eigenvalue weighted by Crippen LogP contribution is -2.32. The van der Waals surface area contributed by atoms with E-state index in [0.717, 1.165) is 0 Å². The summed E-state index contributed by atoms with van der Waals surface area (Å²) < 4.78 is 1.75. The predicted molar refractivity (Wildman–Crippen MR) is 51.2 cm³/mol. The van der Waals surface area contributed by atoms with E-state index in [1.54, 1.807) is 17.6 Å². The van der Waals surface area contributed by atoms with Gasteiger partial charge < -0.3 is 9.88 Å². The zero-order chi connectivity index (χ0) is 9.84. The van der Waals surface area contributed by atoms with Gasteiger partial charge in [0.05, 0.1) is 6.04 Å². The highest BCUT2D eigenvalue weighted by Gasteiger charge is 2.09. The van der Waals surface area contributed by atoms with E-state index in [0.29, 0.717) is 5.69 Å². The minimum Gasteiger partial charge on any atom is -0.347 e. The SMILES string of the molecule is C#CC(C)NC(=O)c1cccn1C. The Bertz CT molecular complexity index is 346. The van der Waals surface area contributed by atoms with Gasteiger partial charge in [-0.1, -0.05) is 5.92 Å². The Kier molecular flexibility index (Phi) is 2.76. The number of carbonyl (C=O) groups is 1. The molecule has 1 rings (SSSR count). The van der Waals surface area contributed by atoms with Crippen molar-refractivity contribution in [2.45, 2.75) is 13.0 Å². The third-order valence-electron chi connectivity index (χ3n) is 1.77. The summed E-state index contributed by atoms with van der Waals surface area (Å²) in [6.07, 6.45) is 6.96. The van der Waals surface area contributed by atoms with E-state index in [-0.39, 0.29) is 11.9 Å². The van der Waals surface area contributed by atoms with Crippen LogP contribution in [0.5, 0.6) is 0 Å². The van der Waals surface area contributed by atoms with Crippen LogP contribution in [0, 0.1) is 12.3 Å². The van der Waals surface area contributed by atoms with Crippen LogP contribution in [-0.2, 0) is 7.05 Å². The van der Waals surface area contributed by atoms with Crippen molar-refractivity contribution in [2.75, 3.05) is 0 Å². The maximum Gasteiger partial charge on any atom is 0.268 e. The van der Waals surface area contributed by atoms with Gasteiger partial charge in [-0.25, -0.2) is 0 Å². The second-order valence-electron chi connectivity index (χ2n) is 2.87. The third kappa shape index (κ3) is 2.12. The van der Waals surface area contributed by atoms with Crippen molar-refractivity contribution in [3.63, 3.8) is 0 Å². The van der Waals surface area contributed by atoms with E-state index in [1.807, 2.05) is 19.3 Å². The molecule has 3 nitrogen and oxygen atoms in total. The molecule has 13 heavy (non-hydrogen) atoms. The minimum absolute atomic E-state index is 0.141. The molecule has 0 aliphatic heterocycles. The Morgan fingerprint density at radius 2 is 2.46 bits per heavy atom. The maximum absolute atomic E-state index is 11.5. The summed E-state index contributed by atoms with van der Waals surface area (Å²) in [5, 5.41) is 2.68. The van der Waals surface area contributed by atoms with Crippen LogP contribution >= 0.6 is 0 Å². The first kappa shape index (κ1) is 9.40. The second-order valence-corrected chi connectivity index (χ2v) is 2.87. The summed E-state index contributed by atoms with van der Waals surface area (Å²) in [7, 11) is 1.81. The molecule has 0 bridgehead atoms. The normalized spacial score (nSPS) is 11.8. The number of hydrogen-bond acceptors (Lipinski definition) is 1. The molecule has 0 spiro atoms. The first-order valence-electron chi connectivity index (χ1n) is 4.03. The van der Waals surface area contributed by atoms with Crippen molar-refractivity contribution in [1.82, 2.24) is 9.88 Å². The molecule has 1 aromatic rings. The van der Waals surface area contributed by atoms with Crippen molar-refractivity contribution in [3.8, 4) is 12.3 Å². The van der Waals surface area contributed by atoms with E-state index in [4.69, 9.17) is 6.42 Å². The summed E-state index contributed by atoms with van der Waals surface area (Å²) >= 11 is 0. The van der Waals surface area contributed by atoms with Gasteiger partial charge >= 0.3 is 0 Å². The summed E-state index contributed by atoms with van der Waals surface area (Å²) in [5.74, 6) is 2.30. The zero-order valence-corrected chi connectivity index (χ0v) is 7.74. The van der Waals surface area contributed by atoms with Crippen LogP contribution in [0.15, 0.2) is 18.3 Å². The number of carbonyl (C=O) groups excluding carboxylic acids is 1. The molecular formula is C10H12N2O. The number of aryl methyl sites for hydroxylation is 1. The van der Waals surface area contributed by atoms with E-state index >= 15 is 0 Å². The van der Waals surface area contributed by atoms with Crippen LogP contribution < -0.4 is 5.32 Å². The standard InChI is InChI=1S/C10H12N2O/c1-4-8(2)11-10(13)9-6-5-7-12(9)3/h1,5-8H,2-3H3,(H,11,13). The van der Waals surface area contributed by atoms with Crippen LogP contribution in [-0.4, -0.2) is 16.5 Å². The third-order valence-corrected chi connectivity index (χ3v) is 1.77. The van der Waals surface area contributed by atoms with Crippen LogP contribution in [0.1, 0.15) is 17.4 Å². The van der Waals surface area contributed by atoms with Gasteiger partial charge in [-0.2, -0.15) is 0 Å². The highest BCUT2D eigenvalue weighted by Crippen LogP contribution is 1.99. The van der Waals surface area contributed by atoms with E-state index in [1.165, 1.54) is 0 Å². The largest absolute Gasteiger partial charge is 0.347 e. The Labute approximate surface area is 77.8 Å². The molecule has 1 N–H and O–H groups in total. The van der Waals surface area contributed by atoms with Gasteiger partial charge in [0.25, 0.3) is 5.91 Å². The van der Waals surface area contributed by atoms with Crippen LogP contribution in [0.2, 0.25) is 0 Å². The zero-order valence-electron chi connectivity index (χ0n) is 7.74. The molecule has 0 fully saturated rings. The average Bonchev–Trinajstić information content (AvgIpc) is 2.51. The summed E-state index contributed by atoms with van der Waals surface area (Å²) in [5.41, 5.74) is 0.613. The van der Waals surface area contributed by atoms with Crippen molar-refractivity contribution >= 4 is 5.91 Å². The fraction of sp³-hybridized carbons (Fsp3) is 0.300. The van der Waals surface area contributed by atoms with Crippen molar-refractivity contribution in [1.29, 1.82) is 0 Å². The number of terminal acetylenes is 1. The molecule has 1 amide bonds. The molecule has 1 unspecified atom stereocenters. The summed E-state index contributed by atoms with van der Waals surface area (Å²) in [6.45, 7) is 1.76. The van der Waals surface area contributed by atoms with Crippen molar-refractivity contribution in [3.05, 3.63) is 24.0 Å². The van der Waals surface area contributed by atoms with E-state index in [9.17, 15) is 4.79 Å². The first-order valence-corrected chi connectivity index (χ1v) is 4.03. The number of nitrogens with one attached hydrogen (secondary N) is 1. The van der Waals surface area contributed by atoms with Crippen LogP contribution in [0.25, 0.3) is 0 Å². The highest BCUT2D eigenvalue weighted by atomic mass is 16.2. The molecule has 3 heteroatoms. The number of aromatic nitrogens is 1. The molecule has 0 aliphatic carbocycles. The van der Waals surface area contributed by atoms with Crippen LogP contribution in [0.3, 0.4) is 0 Å². The summed E-state index contributed by atoms with van der Waals surface area (Å²) in [4.78, 5) is 11.5. The number of hydrogen-bond donors (Lipinski definition) is 1. The van der Waals surface area contributed by atoms with Gasteiger partial charge in [0, 0.05) is 13.2 Å². The molecule has 68 valence electrons. The molecule has 1 aromatic heterocycles. The highest BCUT2D eigenvalue weighted by molar-refractivity contribution is 5.93. The molecule has 0 aromatic carbocycles. The van der Waals surface area contributed by atoms with Gasteiger partial charge in [-0.05, 0) is 19.1 Å². The second kappa shape index (κ2) is 3.81. The molecular weight excluding hydrogens is 164 g/mol. The summed E-state index contributed by atoms with van der Waals surface area (Å²) in [6, 6.07) is 3.33. The molecule has 0 saturated carbocycles. The lowest BCUT2D eigenvalue weighted by molar-refractivity contribution is 0.0940. The van der Waals surface area contributed by atoms with Crippen LogP contribution in [0.4, 0.5) is 0 Å². The van der Waals surface area contributed by atoms with E-state index in [2.05, 4.69) is 11.2 Å². The lowest BCUT2D eigenvalue weighted by atomic mass is 10.3. The maximum atomic E-state index is 11.5. The fourth-order valence-corrected chi connectivity index (χ4v) is 1.01. The Hall–Kier alpha value is -1.69. The monoisotopic (exact) mass is 176 g/mol. The van der Waals surface area contributed by atoms with E-state index < -0.39 is 0 Å². The number of nitrogens with zero attached hydrogens (tertiary/aromatic N) is 1.